The quantitative estimate of drug-likeness (QED) is 0.756. The number of nitrogens with zero attached hydrogens (tertiary/aromatic N) is 1. The fraction of sp³-hybridized carbons (Fsp3) is 0.667. The van der Waals surface area contributed by atoms with E-state index in [2.05, 4.69) is 37.5 Å². The molecule has 4 heteroatoms. The van der Waals surface area contributed by atoms with Crippen LogP contribution in [0.1, 0.15) is 39.8 Å². The molecule has 0 aliphatic carbocycles. The molecule has 0 bridgehead atoms. The summed E-state index contributed by atoms with van der Waals surface area (Å²) >= 11 is 0. The van der Waals surface area contributed by atoms with Gasteiger partial charge in [-0.1, -0.05) is 20.8 Å². The molecule has 0 aliphatic rings. The second-order valence-electron chi connectivity index (χ2n) is 5.53. The molecule has 0 aliphatic heterocycles. The van der Waals surface area contributed by atoms with Gasteiger partial charge in [0.05, 0.1) is 0 Å². The van der Waals surface area contributed by atoms with Gasteiger partial charge < -0.3 is 15.2 Å². The van der Waals surface area contributed by atoms with Crippen molar-refractivity contribution in [3.63, 3.8) is 0 Å². The first-order valence-corrected chi connectivity index (χ1v) is 7.17. The molecule has 0 spiro atoms. The van der Waals surface area contributed by atoms with E-state index in [1.165, 1.54) is 0 Å². The molecular formula is C15H27N3O. The molecule has 4 nitrogen and oxygen atoms in total. The largest absolute Gasteiger partial charge is 0.352 e. The number of rotatable bonds is 8. The standard InChI is InChI=1S/C15H27N3O/c1-5-13(4)17-15(19)11-18-8-6-7-14(18)10-16-9-12(2)3/h6-8,12-13,16H,5,9-11H2,1-4H3,(H,17,19). The summed E-state index contributed by atoms with van der Waals surface area (Å²) in [5.74, 6) is 0.716. The minimum absolute atomic E-state index is 0.0793. The van der Waals surface area contributed by atoms with Crippen LogP contribution in [0.4, 0.5) is 0 Å². The molecule has 0 radical (unpaired) electrons. The predicted octanol–water partition coefficient (Wildman–Crippen LogP) is 2.15. The third kappa shape index (κ3) is 5.92. The summed E-state index contributed by atoms with van der Waals surface area (Å²) in [4.78, 5) is 11.9. The summed E-state index contributed by atoms with van der Waals surface area (Å²) in [6.45, 7) is 10.7. The molecule has 1 rings (SSSR count). The van der Waals surface area contributed by atoms with Gasteiger partial charge in [0, 0.05) is 24.5 Å². The van der Waals surface area contributed by atoms with Crippen LogP contribution in [0.2, 0.25) is 0 Å². The molecule has 19 heavy (non-hydrogen) atoms. The predicted molar refractivity (Wildman–Crippen MR) is 78.9 cm³/mol. The van der Waals surface area contributed by atoms with Crippen LogP contribution in [0.3, 0.4) is 0 Å². The number of nitrogens with one attached hydrogen (secondary N) is 2. The normalized spacial score (nSPS) is 12.7. The molecule has 2 N–H and O–H groups in total. The number of hydrogen-bond acceptors (Lipinski definition) is 2. The zero-order chi connectivity index (χ0) is 14.3. The van der Waals surface area contributed by atoms with Crippen LogP contribution in [-0.4, -0.2) is 23.1 Å². The van der Waals surface area contributed by atoms with E-state index in [1.807, 2.05) is 23.8 Å². The SMILES string of the molecule is CCC(C)NC(=O)Cn1cccc1CNCC(C)C. The highest BCUT2D eigenvalue weighted by molar-refractivity contribution is 5.76. The zero-order valence-electron chi connectivity index (χ0n) is 12.6. The molecule has 1 heterocycles. The summed E-state index contributed by atoms with van der Waals surface area (Å²) < 4.78 is 2.00. The van der Waals surface area contributed by atoms with Gasteiger partial charge in [-0.15, -0.1) is 0 Å². The first-order valence-electron chi connectivity index (χ1n) is 7.17. The van der Waals surface area contributed by atoms with Crippen LogP contribution in [0.15, 0.2) is 18.3 Å². The molecule has 0 saturated heterocycles. The third-order valence-corrected chi connectivity index (χ3v) is 3.12. The molecule has 1 amide bonds. The lowest BCUT2D eigenvalue weighted by molar-refractivity contribution is -0.122. The second kappa shape index (κ2) is 8.00. The Morgan fingerprint density at radius 2 is 2.11 bits per heavy atom. The van der Waals surface area contributed by atoms with Crippen molar-refractivity contribution in [3.8, 4) is 0 Å². The highest BCUT2D eigenvalue weighted by Gasteiger charge is 2.08. The van der Waals surface area contributed by atoms with E-state index in [4.69, 9.17) is 0 Å². The van der Waals surface area contributed by atoms with Crippen LogP contribution in [0.5, 0.6) is 0 Å². The average Bonchev–Trinajstić information content (AvgIpc) is 2.76. The first-order chi connectivity index (χ1) is 9.02. The maximum atomic E-state index is 11.9. The monoisotopic (exact) mass is 265 g/mol. The Morgan fingerprint density at radius 1 is 1.37 bits per heavy atom. The maximum Gasteiger partial charge on any atom is 0.240 e. The highest BCUT2D eigenvalue weighted by atomic mass is 16.2. The first kappa shape index (κ1) is 15.8. The van der Waals surface area contributed by atoms with Crippen LogP contribution in [0.25, 0.3) is 0 Å². The Kier molecular flexibility index (Phi) is 6.64. The molecular weight excluding hydrogens is 238 g/mol. The lowest BCUT2D eigenvalue weighted by atomic mass is 10.2. The van der Waals surface area contributed by atoms with Crippen molar-refractivity contribution >= 4 is 5.91 Å². The van der Waals surface area contributed by atoms with E-state index in [1.54, 1.807) is 0 Å². The highest BCUT2D eigenvalue weighted by Crippen LogP contribution is 2.03. The molecule has 1 unspecified atom stereocenters. The van der Waals surface area contributed by atoms with E-state index in [9.17, 15) is 4.79 Å². The van der Waals surface area contributed by atoms with Gasteiger partial charge in [0.1, 0.15) is 6.54 Å². The zero-order valence-corrected chi connectivity index (χ0v) is 12.6. The molecule has 0 fully saturated rings. The van der Waals surface area contributed by atoms with Crippen LogP contribution >= 0.6 is 0 Å². The average molecular weight is 265 g/mol. The van der Waals surface area contributed by atoms with E-state index < -0.39 is 0 Å². The fourth-order valence-corrected chi connectivity index (χ4v) is 1.83. The van der Waals surface area contributed by atoms with E-state index in [0.717, 1.165) is 25.2 Å². The molecule has 1 aromatic heterocycles. The van der Waals surface area contributed by atoms with E-state index in [-0.39, 0.29) is 11.9 Å². The number of amides is 1. The minimum atomic E-state index is 0.0793. The Morgan fingerprint density at radius 3 is 2.74 bits per heavy atom. The lowest BCUT2D eigenvalue weighted by Gasteiger charge is -2.14. The summed E-state index contributed by atoms with van der Waals surface area (Å²) in [6, 6.07) is 4.29. The molecule has 1 aromatic rings. The van der Waals surface area contributed by atoms with E-state index in [0.29, 0.717) is 12.5 Å². The summed E-state index contributed by atoms with van der Waals surface area (Å²) in [5.41, 5.74) is 1.15. The second-order valence-corrected chi connectivity index (χ2v) is 5.53. The van der Waals surface area contributed by atoms with Crippen molar-refractivity contribution in [2.75, 3.05) is 6.54 Å². The van der Waals surface area contributed by atoms with Crippen molar-refractivity contribution in [1.29, 1.82) is 0 Å². The number of hydrogen-bond donors (Lipinski definition) is 2. The van der Waals surface area contributed by atoms with Crippen molar-refractivity contribution in [3.05, 3.63) is 24.0 Å². The van der Waals surface area contributed by atoms with Gasteiger partial charge in [0.2, 0.25) is 5.91 Å². The topological polar surface area (TPSA) is 46.1 Å². The van der Waals surface area contributed by atoms with Gasteiger partial charge in [0.15, 0.2) is 0 Å². The summed E-state index contributed by atoms with van der Waals surface area (Å²) in [5, 5.41) is 6.39. The Hall–Kier alpha value is -1.29. The Labute approximate surface area is 116 Å². The van der Waals surface area contributed by atoms with Crippen LogP contribution in [-0.2, 0) is 17.9 Å². The van der Waals surface area contributed by atoms with Crippen molar-refractivity contribution in [2.45, 2.75) is 53.2 Å². The van der Waals surface area contributed by atoms with Gasteiger partial charge in [-0.25, -0.2) is 0 Å². The third-order valence-electron chi connectivity index (χ3n) is 3.12. The Bertz CT molecular complexity index is 384. The fourth-order valence-electron chi connectivity index (χ4n) is 1.83. The van der Waals surface area contributed by atoms with E-state index >= 15 is 0 Å². The minimum Gasteiger partial charge on any atom is -0.352 e. The van der Waals surface area contributed by atoms with Crippen LogP contribution in [0, 0.1) is 5.92 Å². The number of carbonyl (C=O) groups excluding carboxylic acids is 1. The summed E-state index contributed by atoms with van der Waals surface area (Å²) in [6.07, 6.45) is 2.92. The smallest absolute Gasteiger partial charge is 0.240 e. The summed E-state index contributed by atoms with van der Waals surface area (Å²) in [7, 11) is 0. The maximum absolute atomic E-state index is 11.9. The lowest BCUT2D eigenvalue weighted by Crippen LogP contribution is -2.35. The molecule has 108 valence electrons. The van der Waals surface area contributed by atoms with Crippen molar-refractivity contribution < 1.29 is 4.79 Å². The van der Waals surface area contributed by atoms with Gasteiger partial charge in [-0.3, -0.25) is 4.79 Å². The van der Waals surface area contributed by atoms with Crippen molar-refractivity contribution in [2.24, 2.45) is 5.92 Å². The van der Waals surface area contributed by atoms with Crippen molar-refractivity contribution in [1.82, 2.24) is 15.2 Å². The van der Waals surface area contributed by atoms with Gasteiger partial charge >= 0.3 is 0 Å². The van der Waals surface area contributed by atoms with Gasteiger partial charge in [-0.2, -0.15) is 0 Å². The molecule has 0 saturated carbocycles. The number of carbonyl (C=O) groups is 1. The van der Waals surface area contributed by atoms with Crippen LogP contribution < -0.4 is 10.6 Å². The molecule has 0 aromatic carbocycles. The van der Waals surface area contributed by atoms with Gasteiger partial charge in [0.25, 0.3) is 0 Å². The Balaban J connectivity index is 2.46. The van der Waals surface area contributed by atoms with Gasteiger partial charge in [-0.05, 0) is 37.9 Å². The molecule has 1 atom stereocenters. The number of aromatic nitrogens is 1.